The van der Waals surface area contributed by atoms with Gasteiger partial charge in [0.1, 0.15) is 5.52 Å². The number of rotatable bonds is 4. The molecule has 0 saturated carbocycles. The summed E-state index contributed by atoms with van der Waals surface area (Å²) in [6, 6.07) is 7.51. The molecule has 0 fully saturated rings. The van der Waals surface area contributed by atoms with Gasteiger partial charge in [0.15, 0.2) is 5.58 Å². The second-order valence-electron chi connectivity index (χ2n) is 4.55. The molecule has 0 N–H and O–H groups in total. The quantitative estimate of drug-likeness (QED) is 0.230. The van der Waals surface area contributed by atoms with E-state index < -0.39 is 0 Å². The topological polar surface area (TPSA) is 126 Å². The van der Waals surface area contributed by atoms with Crippen molar-refractivity contribution in [2.45, 2.75) is 32.9 Å². The first-order valence-corrected chi connectivity index (χ1v) is 8.41. The van der Waals surface area contributed by atoms with Crippen molar-refractivity contribution in [2.24, 2.45) is 0 Å². The van der Waals surface area contributed by atoms with Gasteiger partial charge in [-0.15, -0.1) is 0 Å². The summed E-state index contributed by atoms with van der Waals surface area (Å²) in [7, 11) is 0. The van der Waals surface area contributed by atoms with Gasteiger partial charge in [-0.05, 0) is 39.8 Å². The fourth-order valence-corrected chi connectivity index (χ4v) is 2.38. The Balaban J connectivity index is -0.0000000666. The SMILES string of the molecule is CC[N+](CC)(CC)CC.[C-]#[O+].[C-]#[O+].[C-]#[O+].[C-]#[O+].[C-]#[O+].[S-]c1nc2ccccc2o1.[W]. The fraction of sp³-hybridized carbons (Fsp3) is 0.400. The van der Waals surface area contributed by atoms with Crippen molar-refractivity contribution in [1.82, 2.24) is 4.98 Å². The van der Waals surface area contributed by atoms with E-state index in [1.165, 1.54) is 30.7 Å². The summed E-state index contributed by atoms with van der Waals surface area (Å²) in [5.41, 5.74) is 1.58. The van der Waals surface area contributed by atoms with E-state index in [0.717, 1.165) is 11.1 Å². The number of quaternary nitrogens is 1. The Bertz CT molecular complexity index is 621. The molecule has 0 radical (unpaired) electrons. The van der Waals surface area contributed by atoms with Gasteiger partial charge < -0.3 is 21.5 Å². The van der Waals surface area contributed by atoms with Crippen molar-refractivity contribution < 1.29 is 53.2 Å². The molecular weight excluding hydrogens is 580 g/mol. The molecule has 2 aromatic rings. The van der Waals surface area contributed by atoms with Gasteiger partial charge in [-0.1, -0.05) is 12.1 Å². The summed E-state index contributed by atoms with van der Waals surface area (Å²) >= 11 is 4.74. The summed E-state index contributed by atoms with van der Waals surface area (Å²) in [6.45, 7) is 36.7. The van der Waals surface area contributed by atoms with E-state index in [-0.39, 0.29) is 21.1 Å². The maximum atomic E-state index is 7.50. The second-order valence-corrected chi connectivity index (χ2v) is 4.90. The fourth-order valence-electron chi connectivity index (χ4n) is 2.19. The normalized spacial score (nSPS) is 7.40. The van der Waals surface area contributed by atoms with Crippen LogP contribution in [0.15, 0.2) is 33.9 Å². The molecule has 0 aliphatic rings. The van der Waals surface area contributed by atoms with Crippen molar-refractivity contribution in [3.05, 3.63) is 57.5 Å². The predicted molar refractivity (Wildman–Crippen MR) is 102 cm³/mol. The zero-order valence-corrected chi connectivity index (χ0v) is 21.0. The standard InChI is InChI=1S/C8H20N.C7H5NOS.5CO.W/c1-5-9(6-2,7-3)8-4;10-7-8-5-3-1-2-4-6(5)9-7;5*1-2;/h5-8H2,1-4H3;1-4H,(H,8,10);;;;;;/q+1;;;;;;;/p-1. The van der Waals surface area contributed by atoms with Crippen molar-refractivity contribution in [1.29, 1.82) is 0 Å². The third kappa shape index (κ3) is 19.6. The van der Waals surface area contributed by atoms with Crippen LogP contribution in [0, 0.1) is 33.3 Å². The van der Waals surface area contributed by atoms with Crippen molar-refractivity contribution in [3.8, 4) is 0 Å². The maximum absolute atomic E-state index is 7.50. The number of oxazole rings is 1. The Labute approximate surface area is 198 Å². The third-order valence-corrected chi connectivity index (χ3v) is 4.13. The monoisotopic (exact) mass is 604 g/mol. The molecule has 0 unspecified atom stereocenters. The molecule has 1 heterocycles. The Kier molecular flexibility index (Phi) is 49.1. The first kappa shape index (κ1) is 42.4. The van der Waals surface area contributed by atoms with E-state index in [4.69, 9.17) is 40.3 Å². The molecule has 0 bridgehead atoms. The molecule has 0 saturated heterocycles. The van der Waals surface area contributed by atoms with E-state index in [1.54, 1.807) is 0 Å². The van der Waals surface area contributed by atoms with Crippen LogP contribution in [0.5, 0.6) is 0 Å². The smallest absolute Gasteiger partial charge is 0.152 e. The molecule has 0 atom stereocenters. The number of fused-ring (bicyclic) bond motifs is 1. The second kappa shape index (κ2) is 34.7. The summed E-state index contributed by atoms with van der Waals surface area (Å²) in [5.74, 6) is 0. The zero-order chi connectivity index (χ0) is 24.3. The largest absolute Gasteiger partial charge is 0.721 e. The van der Waals surface area contributed by atoms with E-state index >= 15 is 0 Å². The van der Waals surface area contributed by atoms with Gasteiger partial charge in [-0.3, -0.25) is 0 Å². The number of hydrogen-bond acceptors (Lipinski definition) is 3. The summed E-state index contributed by atoms with van der Waals surface area (Å²) in [6.07, 6.45) is 0. The Morgan fingerprint density at radius 1 is 0.767 bits per heavy atom. The van der Waals surface area contributed by atoms with Crippen LogP contribution in [0.25, 0.3) is 11.1 Å². The summed E-state index contributed by atoms with van der Waals surface area (Å²) in [5, 5.41) is 0.307. The molecule has 30 heavy (non-hydrogen) atoms. The minimum absolute atomic E-state index is 0. The molecule has 8 nitrogen and oxygen atoms in total. The number of para-hydroxylation sites is 2. The van der Waals surface area contributed by atoms with Gasteiger partial charge in [-0.25, -0.2) is 4.98 Å². The minimum atomic E-state index is 0. The molecule has 1 aromatic heterocycles. The average molecular weight is 604 g/mol. The van der Waals surface area contributed by atoms with Gasteiger partial charge in [0.05, 0.1) is 31.4 Å². The van der Waals surface area contributed by atoms with Crippen LogP contribution >= 0.6 is 0 Å². The summed E-state index contributed by atoms with van der Waals surface area (Å²) < 4.78 is 43.8. The van der Waals surface area contributed by atoms with Crippen molar-refractivity contribution in [2.75, 3.05) is 26.2 Å². The number of nitrogens with zero attached hydrogens (tertiary/aromatic N) is 2. The number of hydrogen-bond donors (Lipinski definition) is 0. The van der Waals surface area contributed by atoms with Gasteiger partial charge in [0.2, 0.25) is 0 Å². The molecule has 2 rings (SSSR count). The molecule has 0 aliphatic heterocycles. The van der Waals surface area contributed by atoms with Crippen LogP contribution in [0.1, 0.15) is 27.7 Å². The predicted octanol–water partition coefficient (Wildman–Crippen LogP) is 3.43. The summed E-state index contributed by atoms with van der Waals surface area (Å²) in [4.78, 5) is 3.96. The molecular formula is C20H24N2O6SW. The van der Waals surface area contributed by atoms with Crippen molar-refractivity contribution in [3.63, 3.8) is 0 Å². The maximum Gasteiger partial charge on any atom is 0.152 e. The van der Waals surface area contributed by atoms with E-state index in [9.17, 15) is 0 Å². The Hall–Kier alpha value is -1.74. The molecule has 0 spiro atoms. The molecule has 162 valence electrons. The van der Waals surface area contributed by atoms with Crippen LogP contribution in [0.4, 0.5) is 0 Å². The van der Waals surface area contributed by atoms with Crippen LogP contribution in [-0.2, 0) is 57.0 Å². The van der Waals surface area contributed by atoms with E-state index in [2.05, 4.69) is 65.9 Å². The molecule has 1 aromatic carbocycles. The van der Waals surface area contributed by atoms with Crippen LogP contribution in [0.2, 0.25) is 0 Å². The zero-order valence-electron chi connectivity index (χ0n) is 17.3. The third-order valence-electron chi connectivity index (χ3n) is 3.96. The Morgan fingerprint density at radius 3 is 1.37 bits per heavy atom. The molecule has 10 heteroatoms. The molecule has 0 aliphatic carbocycles. The van der Waals surface area contributed by atoms with Gasteiger partial charge >= 0.3 is 56.5 Å². The minimum Gasteiger partial charge on any atom is -0.721 e. The van der Waals surface area contributed by atoms with Crippen molar-refractivity contribution >= 4 is 23.7 Å². The van der Waals surface area contributed by atoms with Gasteiger partial charge in [0, 0.05) is 21.1 Å². The van der Waals surface area contributed by atoms with E-state index in [1.807, 2.05) is 24.3 Å². The average Bonchev–Trinajstić information content (AvgIpc) is 3.23. The van der Waals surface area contributed by atoms with Gasteiger partial charge in [-0.2, -0.15) is 0 Å². The van der Waals surface area contributed by atoms with Crippen LogP contribution in [0.3, 0.4) is 0 Å². The first-order valence-electron chi connectivity index (χ1n) is 8.00. The Morgan fingerprint density at radius 2 is 1.10 bits per heavy atom. The molecule has 0 amide bonds. The number of benzene rings is 1. The number of aromatic nitrogens is 1. The first-order chi connectivity index (χ1) is 14.1. The van der Waals surface area contributed by atoms with Crippen LogP contribution in [-0.4, -0.2) is 35.6 Å². The van der Waals surface area contributed by atoms with Crippen LogP contribution < -0.4 is 0 Å². The van der Waals surface area contributed by atoms with E-state index in [0.29, 0.717) is 5.22 Å². The van der Waals surface area contributed by atoms with Gasteiger partial charge in [0.25, 0.3) is 0 Å².